The van der Waals surface area contributed by atoms with E-state index in [2.05, 4.69) is 5.32 Å². The summed E-state index contributed by atoms with van der Waals surface area (Å²) in [6, 6.07) is 2.89. The zero-order valence-corrected chi connectivity index (χ0v) is 8.87. The van der Waals surface area contributed by atoms with E-state index in [9.17, 15) is 25.0 Å². The largest absolute Gasteiger partial charge is 0.352 e. The van der Waals surface area contributed by atoms with Crippen molar-refractivity contribution < 1.29 is 14.6 Å². The first-order valence-electron chi connectivity index (χ1n) is 4.68. The van der Waals surface area contributed by atoms with Gasteiger partial charge in [-0.2, -0.15) is 0 Å². The second-order valence-electron chi connectivity index (χ2n) is 3.08. The van der Waals surface area contributed by atoms with Crippen molar-refractivity contribution in [3.63, 3.8) is 0 Å². The number of amides is 1. The monoisotopic (exact) mass is 239 g/mol. The number of non-ortho nitro benzene ring substituents is 1. The van der Waals surface area contributed by atoms with E-state index < -0.39 is 27.1 Å². The Morgan fingerprint density at radius 3 is 2.41 bits per heavy atom. The van der Waals surface area contributed by atoms with Crippen LogP contribution in [-0.2, 0) is 0 Å². The molecule has 0 unspecified atom stereocenters. The summed E-state index contributed by atoms with van der Waals surface area (Å²) in [5.41, 5.74) is -1.20. The second-order valence-corrected chi connectivity index (χ2v) is 3.08. The van der Waals surface area contributed by atoms with E-state index in [1.807, 2.05) is 0 Å². The highest BCUT2D eigenvalue weighted by Crippen LogP contribution is 2.24. The fourth-order valence-corrected chi connectivity index (χ4v) is 1.23. The topological polar surface area (TPSA) is 115 Å². The van der Waals surface area contributed by atoms with Crippen molar-refractivity contribution in [2.75, 3.05) is 6.54 Å². The first-order chi connectivity index (χ1) is 7.97. The third-order valence-corrected chi connectivity index (χ3v) is 1.97. The number of nitrogens with zero attached hydrogens (tertiary/aromatic N) is 2. The molecule has 1 aromatic carbocycles. The third kappa shape index (κ3) is 2.74. The Labute approximate surface area is 95.5 Å². The third-order valence-electron chi connectivity index (χ3n) is 1.97. The summed E-state index contributed by atoms with van der Waals surface area (Å²) in [5, 5.41) is 23.6. The fourth-order valence-electron chi connectivity index (χ4n) is 1.23. The molecule has 0 aliphatic carbocycles. The van der Waals surface area contributed by atoms with Crippen LogP contribution in [0.4, 0.5) is 11.4 Å². The molecule has 0 saturated carbocycles. The van der Waals surface area contributed by atoms with Gasteiger partial charge in [0.15, 0.2) is 0 Å². The predicted octanol–water partition coefficient (Wildman–Crippen LogP) is 1.25. The van der Waals surface area contributed by atoms with Crippen molar-refractivity contribution in [3.05, 3.63) is 44.0 Å². The van der Waals surface area contributed by atoms with Crippen LogP contribution in [-0.4, -0.2) is 22.3 Å². The highest BCUT2D eigenvalue weighted by atomic mass is 16.6. The maximum absolute atomic E-state index is 11.5. The van der Waals surface area contributed by atoms with Crippen LogP contribution in [0.1, 0.15) is 17.3 Å². The Kier molecular flexibility index (Phi) is 3.70. The molecule has 0 fully saturated rings. The standard InChI is InChI=1S/C9H9N3O5/c1-2-10-9(13)7-4-3-6(11(14)15)5-8(7)12(16)17/h3-5H,2H2,1H3,(H,10,13). The van der Waals surface area contributed by atoms with Gasteiger partial charge in [-0.15, -0.1) is 0 Å². The summed E-state index contributed by atoms with van der Waals surface area (Å²) in [6.45, 7) is 1.97. The lowest BCUT2D eigenvalue weighted by Crippen LogP contribution is -2.23. The van der Waals surface area contributed by atoms with Crippen LogP contribution >= 0.6 is 0 Å². The maximum Gasteiger partial charge on any atom is 0.289 e. The lowest BCUT2D eigenvalue weighted by Gasteiger charge is -2.02. The van der Waals surface area contributed by atoms with Gasteiger partial charge in [0.2, 0.25) is 0 Å². The first kappa shape index (κ1) is 12.6. The van der Waals surface area contributed by atoms with Gasteiger partial charge < -0.3 is 5.32 Å². The zero-order valence-electron chi connectivity index (χ0n) is 8.87. The molecule has 0 radical (unpaired) electrons. The Bertz CT molecular complexity index is 486. The highest BCUT2D eigenvalue weighted by Gasteiger charge is 2.23. The van der Waals surface area contributed by atoms with Crippen LogP contribution in [0.25, 0.3) is 0 Å². The van der Waals surface area contributed by atoms with Gasteiger partial charge in [-0.05, 0) is 13.0 Å². The number of rotatable bonds is 4. The maximum atomic E-state index is 11.5. The van der Waals surface area contributed by atoms with Gasteiger partial charge >= 0.3 is 0 Å². The van der Waals surface area contributed by atoms with Crippen molar-refractivity contribution in [1.29, 1.82) is 0 Å². The van der Waals surface area contributed by atoms with Crippen LogP contribution in [0.3, 0.4) is 0 Å². The molecule has 17 heavy (non-hydrogen) atoms. The average molecular weight is 239 g/mol. The molecule has 1 rings (SSSR count). The van der Waals surface area contributed by atoms with Crippen LogP contribution in [0.2, 0.25) is 0 Å². The number of carbonyl (C=O) groups is 1. The van der Waals surface area contributed by atoms with Crippen LogP contribution in [0.5, 0.6) is 0 Å². The van der Waals surface area contributed by atoms with Gasteiger partial charge in [0.05, 0.1) is 15.9 Å². The Morgan fingerprint density at radius 1 is 1.29 bits per heavy atom. The smallest absolute Gasteiger partial charge is 0.289 e. The molecule has 0 saturated heterocycles. The number of nitro benzene ring substituents is 2. The van der Waals surface area contributed by atoms with E-state index in [-0.39, 0.29) is 5.56 Å². The summed E-state index contributed by atoms with van der Waals surface area (Å²) >= 11 is 0. The van der Waals surface area contributed by atoms with Crippen molar-refractivity contribution in [3.8, 4) is 0 Å². The summed E-state index contributed by atoms with van der Waals surface area (Å²) in [5.74, 6) is -0.630. The molecular formula is C9H9N3O5. The number of benzene rings is 1. The van der Waals surface area contributed by atoms with E-state index in [0.29, 0.717) is 6.54 Å². The Hall–Kier alpha value is -2.51. The van der Waals surface area contributed by atoms with Gasteiger partial charge in [0.1, 0.15) is 5.56 Å². The van der Waals surface area contributed by atoms with Crippen LogP contribution in [0, 0.1) is 20.2 Å². The van der Waals surface area contributed by atoms with Crippen molar-refractivity contribution in [2.24, 2.45) is 0 Å². The second kappa shape index (κ2) is 5.01. The summed E-state index contributed by atoms with van der Waals surface area (Å²) < 4.78 is 0. The molecule has 8 heteroatoms. The Balaban J connectivity index is 3.27. The van der Waals surface area contributed by atoms with Crippen LogP contribution < -0.4 is 5.32 Å². The van der Waals surface area contributed by atoms with Crippen molar-refractivity contribution >= 4 is 17.3 Å². The lowest BCUT2D eigenvalue weighted by atomic mass is 10.1. The molecule has 0 aliphatic heterocycles. The SMILES string of the molecule is CCNC(=O)c1ccc([N+](=O)[O-])cc1[N+](=O)[O-]. The van der Waals surface area contributed by atoms with Crippen LogP contribution in [0.15, 0.2) is 18.2 Å². The molecule has 1 amide bonds. The van der Waals surface area contributed by atoms with E-state index in [4.69, 9.17) is 0 Å². The molecule has 0 heterocycles. The number of hydrogen-bond acceptors (Lipinski definition) is 5. The first-order valence-corrected chi connectivity index (χ1v) is 4.68. The number of nitrogens with one attached hydrogen (secondary N) is 1. The summed E-state index contributed by atoms with van der Waals surface area (Å²) in [7, 11) is 0. The minimum atomic E-state index is -0.822. The molecule has 0 bridgehead atoms. The van der Waals surface area contributed by atoms with E-state index >= 15 is 0 Å². The number of hydrogen-bond donors (Lipinski definition) is 1. The normalized spacial score (nSPS) is 9.71. The fraction of sp³-hybridized carbons (Fsp3) is 0.222. The molecule has 0 atom stereocenters. The minimum Gasteiger partial charge on any atom is -0.352 e. The van der Waals surface area contributed by atoms with E-state index in [1.165, 1.54) is 0 Å². The molecule has 0 aliphatic rings. The highest BCUT2D eigenvalue weighted by molar-refractivity contribution is 5.98. The minimum absolute atomic E-state index is 0.192. The average Bonchev–Trinajstić information content (AvgIpc) is 2.28. The summed E-state index contributed by atoms with van der Waals surface area (Å²) in [6.07, 6.45) is 0. The predicted molar refractivity (Wildman–Crippen MR) is 57.8 cm³/mol. The molecule has 1 aromatic rings. The lowest BCUT2D eigenvalue weighted by molar-refractivity contribution is -0.394. The van der Waals surface area contributed by atoms with Gasteiger partial charge in [-0.3, -0.25) is 25.0 Å². The summed E-state index contributed by atoms with van der Waals surface area (Å²) in [4.78, 5) is 31.1. The molecule has 1 N–H and O–H groups in total. The van der Waals surface area contributed by atoms with Gasteiger partial charge in [-0.1, -0.05) is 0 Å². The molecular weight excluding hydrogens is 230 g/mol. The van der Waals surface area contributed by atoms with Gasteiger partial charge in [-0.25, -0.2) is 0 Å². The molecule has 0 spiro atoms. The molecule has 90 valence electrons. The van der Waals surface area contributed by atoms with Crippen molar-refractivity contribution in [2.45, 2.75) is 6.92 Å². The molecule has 8 nitrogen and oxygen atoms in total. The Morgan fingerprint density at radius 2 is 1.94 bits per heavy atom. The van der Waals surface area contributed by atoms with Crippen molar-refractivity contribution in [1.82, 2.24) is 5.32 Å². The zero-order chi connectivity index (χ0) is 13.0. The van der Waals surface area contributed by atoms with Gasteiger partial charge in [0, 0.05) is 12.6 Å². The quantitative estimate of drug-likeness (QED) is 0.627. The number of nitro groups is 2. The van der Waals surface area contributed by atoms with E-state index in [1.54, 1.807) is 6.92 Å². The van der Waals surface area contributed by atoms with E-state index in [0.717, 1.165) is 18.2 Å². The van der Waals surface area contributed by atoms with Gasteiger partial charge in [0.25, 0.3) is 17.3 Å². The molecule has 0 aromatic heterocycles. The number of carbonyl (C=O) groups excluding carboxylic acids is 1.